The zero-order chi connectivity index (χ0) is 16.1. The van der Waals surface area contributed by atoms with Crippen LogP contribution in [0.25, 0.3) is 0 Å². The SMILES string of the molecule is CC(C)CN(CCC(=O)O)C(=O)CS(=O)(=O)C(C)(C)C. The molecule has 0 aliphatic heterocycles. The molecule has 1 amide bonds. The number of aliphatic carboxylic acids is 1. The van der Waals surface area contributed by atoms with Gasteiger partial charge in [-0.15, -0.1) is 0 Å². The normalized spacial score (nSPS) is 12.5. The second kappa shape index (κ2) is 7.06. The molecule has 0 aromatic rings. The molecule has 0 rings (SSSR count). The Kier molecular flexibility index (Phi) is 6.67. The molecule has 0 radical (unpaired) electrons. The average molecular weight is 307 g/mol. The summed E-state index contributed by atoms with van der Waals surface area (Å²) >= 11 is 0. The monoisotopic (exact) mass is 307 g/mol. The molecule has 0 fully saturated rings. The molecule has 7 heteroatoms. The molecule has 0 atom stereocenters. The molecule has 6 nitrogen and oxygen atoms in total. The summed E-state index contributed by atoms with van der Waals surface area (Å²) in [5.74, 6) is -1.98. The van der Waals surface area contributed by atoms with Crippen LogP contribution in [-0.2, 0) is 19.4 Å². The summed E-state index contributed by atoms with van der Waals surface area (Å²) in [7, 11) is -3.55. The van der Waals surface area contributed by atoms with E-state index < -0.39 is 32.2 Å². The van der Waals surface area contributed by atoms with E-state index in [0.717, 1.165) is 0 Å². The largest absolute Gasteiger partial charge is 0.481 e. The molecule has 0 bridgehead atoms. The first-order valence-corrected chi connectivity index (χ1v) is 8.24. The van der Waals surface area contributed by atoms with Crippen LogP contribution in [0, 0.1) is 5.92 Å². The van der Waals surface area contributed by atoms with E-state index in [1.54, 1.807) is 20.8 Å². The first-order valence-electron chi connectivity index (χ1n) is 6.58. The van der Waals surface area contributed by atoms with Crippen molar-refractivity contribution >= 4 is 21.7 Å². The standard InChI is InChI=1S/C13H25NO5S/c1-10(2)8-14(7-6-12(16)17)11(15)9-20(18,19)13(3,4)5/h10H,6-9H2,1-5H3,(H,16,17). The fourth-order valence-electron chi connectivity index (χ4n) is 1.46. The Morgan fingerprint density at radius 2 is 1.70 bits per heavy atom. The molecule has 20 heavy (non-hydrogen) atoms. The van der Waals surface area contributed by atoms with Crippen LogP contribution in [0.1, 0.15) is 41.0 Å². The maximum atomic E-state index is 12.1. The molecule has 0 aromatic carbocycles. The van der Waals surface area contributed by atoms with Gasteiger partial charge in [0.25, 0.3) is 0 Å². The molecule has 118 valence electrons. The van der Waals surface area contributed by atoms with Gasteiger partial charge in [-0.2, -0.15) is 0 Å². The highest BCUT2D eigenvalue weighted by Crippen LogP contribution is 2.17. The average Bonchev–Trinajstić information content (AvgIpc) is 2.20. The van der Waals surface area contributed by atoms with Gasteiger partial charge in [0.2, 0.25) is 5.91 Å². The minimum absolute atomic E-state index is 0.0337. The van der Waals surface area contributed by atoms with Gasteiger partial charge >= 0.3 is 5.97 Å². The molecule has 0 saturated heterocycles. The number of amides is 1. The number of rotatable bonds is 7. The molecule has 0 saturated carbocycles. The van der Waals surface area contributed by atoms with Crippen LogP contribution in [-0.4, -0.2) is 53.9 Å². The predicted octanol–water partition coefficient (Wildman–Crippen LogP) is 1.16. The first kappa shape index (κ1) is 18.9. The summed E-state index contributed by atoms with van der Waals surface area (Å²) in [6.07, 6.45) is -0.186. The third-order valence-corrected chi connectivity index (χ3v) is 5.27. The molecule has 1 N–H and O–H groups in total. The van der Waals surface area contributed by atoms with E-state index in [2.05, 4.69) is 0 Å². The molecular formula is C13H25NO5S. The second-order valence-corrected chi connectivity index (χ2v) is 8.99. The number of carbonyl (C=O) groups excluding carboxylic acids is 1. The fraction of sp³-hybridized carbons (Fsp3) is 0.846. The quantitative estimate of drug-likeness (QED) is 0.762. The third-order valence-electron chi connectivity index (χ3n) is 2.78. The Morgan fingerprint density at radius 1 is 1.20 bits per heavy atom. The zero-order valence-electron chi connectivity index (χ0n) is 12.8. The van der Waals surface area contributed by atoms with Crippen molar-refractivity contribution in [2.24, 2.45) is 5.92 Å². The van der Waals surface area contributed by atoms with E-state index in [1.165, 1.54) is 4.90 Å². The number of carbonyl (C=O) groups is 2. The lowest BCUT2D eigenvalue weighted by atomic mass is 10.2. The molecule has 0 heterocycles. The van der Waals surface area contributed by atoms with E-state index >= 15 is 0 Å². The van der Waals surface area contributed by atoms with Crippen molar-refractivity contribution in [3.05, 3.63) is 0 Å². The number of carboxylic acid groups (broad SMARTS) is 1. The molecular weight excluding hydrogens is 282 g/mol. The van der Waals surface area contributed by atoms with Crippen molar-refractivity contribution in [3.63, 3.8) is 0 Å². The van der Waals surface area contributed by atoms with Gasteiger partial charge in [0.1, 0.15) is 5.75 Å². The number of hydrogen-bond donors (Lipinski definition) is 1. The van der Waals surface area contributed by atoms with Gasteiger partial charge in [-0.3, -0.25) is 9.59 Å². The summed E-state index contributed by atoms with van der Waals surface area (Å²) in [4.78, 5) is 24.0. The molecule has 0 spiro atoms. The Labute approximate surface area is 121 Å². The fourth-order valence-corrected chi connectivity index (χ4v) is 2.40. The van der Waals surface area contributed by atoms with Crippen molar-refractivity contribution in [2.45, 2.75) is 45.8 Å². The maximum absolute atomic E-state index is 12.1. The van der Waals surface area contributed by atoms with Gasteiger partial charge < -0.3 is 10.0 Å². The van der Waals surface area contributed by atoms with Gasteiger partial charge in [-0.1, -0.05) is 13.8 Å². The highest BCUT2D eigenvalue weighted by atomic mass is 32.2. The molecule has 0 aromatic heterocycles. The van der Waals surface area contributed by atoms with Crippen molar-refractivity contribution in [1.29, 1.82) is 0 Å². The van der Waals surface area contributed by atoms with Gasteiger partial charge in [0, 0.05) is 13.1 Å². The molecule has 0 unspecified atom stereocenters. The molecule has 0 aliphatic carbocycles. The van der Waals surface area contributed by atoms with E-state index in [1.807, 2.05) is 13.8 Å². The maximum Gasteiger partial charge on any atom is 0.305 e. The number of carboxylic acids is 1. The summed E-state index contributed by atoms with van der Waals surface area (Å²) in [6.45, 7) is 8.79. The smallest absolute Gasteiger partial charge is 0.305 e. The van der Waals surface area contributed by atoms with Crippen LogP contribution < -0.4 is 0 Å². The van der Waals surface area contributed by atoms with Crippen molar-refractivity contribution < 1.29 is 23.1 Å². The topological polar surface area (TPSA) is 91.8 Å². The number of sulfone groups is 1. The van der Waals surface area contributed by atoms with E-state index in [4.69, 9.17) is 5.11 Å². The lowest BCUT2D eigenvalue weighted by Gasteiger charge is -2.26. The highest BCUT2D eigenvalue weighted by Gasteiger charge is 2.33. The van der Waals surface area contributed by atoms with E-state index in [-0.39, 0.29) is 18.9 Å². The summed E-state index contributed by atoms with van der Waals surface area (Å²) in [5.41, 5.74) is 0. The third kappa shape index (κ3) is 6.36. The minimum atomic E-state index is -3.55. The second-order valence-electron chi connectivity index (χ2n) is 6.25. The van der Waals surface area contributed by atoms with E-state index in [0.29, 0.717) is 6.54 Å². The lowest BCUT2D eigenvalue weighted by Crippen LogP contribution is -2.43. The Bertz CT molecular complexity index is 448. The summed E-state index contributed by atoms with van der Waals surface area (Å²) in [5, 5.41) is 8.68. The van der Waals surface area contributed by atoms with Crippen LogP contribution in [0.2, 0.25) is 0 Å². The van der Waals surface area contributed by atoms with Crippen LogP contribution in [0.15, 0.2) is 0 Å². The van der Waals surface area contributed by atoms with Crippen molar-refractivity contribution in [2.75, 3.05) is 18.8 Å². The summed E-state index contributed by atoms with van der Waals surface area (Å²) in [6, 6.07) is 0. The number of hydrogen-bond acceptors (Lipinski definition) is 4. The Balaban J connectivity index is 4.92. The van der Waals surface area contributed by atoms with Gasteiger partial charge in [-0.05, 0) is 26.7 Å². The Hall–Kier alpha value is -1.11. The van der Waals surface area contributed by atoms with Crippen LogP contribution in [0.5, 0.6) is 0 Å². The van der Waals surface area contributed by atoms with Gasteiger partial charge in [0.05, 0.1) is 11.2 Å². The van der Waals surface area contributed by atoms with Crippen LogP contribution in [0.4, 0.5) is 0 Å². The van der Waals surface area contributed by atoms with Crippen molar-refractivity contribution in [3.8, 4) is 0 Å². The van der Waals surface area contributed by atoms with Crippen molar-refractivity contribution in [1.82, 2.24) is 4.90 Å². The predicted molar refractivity (Wildman–Crippen MR) is 77.2 cm³/mol. The van der Waals surface area contributed by atoms with Gasteiger partial charge in [-0.25, -0.2) is 8.42 Å². The van der Waals surface area contributed by atoms with E-state index in [9.17, 15) is 18.0 Å². The lowest BCUT2D eigenvalue weighted by molar-refractivity contribution is -0.138. The van der Waals surface area contributed by atoms with Crippen LogP contribution >= 0.6 is 0 Å². The zero-order valence-corrected chi connectivity index (χ0v) is 13.7. The van der Waals surface area contributed by atoms with Crippen LogP contribution in [0.3, 0.4) is 0 Å². The molecule has 0 aliphatic rings. The Morgan fingerprint density at radius 3 is 2.05 bits per heavy atom. The highest BCUT2D eigenvalue weighted by molar-refractivity contribution is 7.93. The number of nitrogens with zero attached hydrogens (tertiary/aromatic N) is 1. The summed E-state index contributed by atoms with van der Waals surface area (Å²) < 4.78 is 23.1. The van der Waals surface area contributed by atoms with Gasteiger partial charge in [0.15, 0.2) is 9.84 Å². The minimum Gasteiger partial charge on any atom is -0.481 e. The first-order chi connectivity index (χ1) is 8.86.